The van der Waals surface area contributed by atoms with E-state index >= 15 is 0 Å². The number of aliphatic hydroxyl groups is 1. The first-order valence-electron chi connectivity index (χ1n) is 3.47. The molecule has 0 fully saturated rings. The minimum absolute atomic E-state index is 0.168. The van der Waals surface area contributed by atoms with Crippen molar-refractivity contribution in [2.24, 2.45) is 5.73 Å². The normalized spacial score (nSPS) is 13.0. The summed E-state index contributed by atoms with van der Waals surface area (Å²) in [5.74, 6) is -0.482. The molecular weight excluding hydrogens is 181 g/mol. The highest BCUT2D eigenvalue weighted by molar-refractivity contribution is 6.31. The number of benzene rings is 1. The second kappa shape index (κ2) is 3.85. The van der Waals surface area contributed by atoms with Crippen molar-refractivity contribution in [2.75, 3.05) is 6.61 Å². The summed E-state index contributed by atoms with van der Waals surface area (Å²) in [5.41, 5.74) is 5.59. The molecule has 0 aromatic heterocycles. The molecule has 0 bridgehead atoms. The van der Waals surface area contributed by atoms with Crippen molar-refractivity contribution >= 4 is 11.6 Å². The fourth-order valence-corrected chi connectivity index (χ4v) is 1.26. The zero-order valence-corrected chi connectivity index (χ0v) is 7.05. The molecule has 12 heavy (non-hydrogen) atoms. The highest BCUT2D eigenvalue weighted by atomic mass is 35.5. The molecule has 3 N–H and O–H groups in total. The van der Waals surface area contributed by atoms with E-state index in [1.54, 1.807) is 0 Å². The van der Waals surface area contributed by atoms with Gasteiger partial charge in [0.15, 0.2) is 0 Å². The monoisotopic (exact) mass is 189 g/mol. The summed E-state index contributed by atoms with van der Waals surface area (Å²) in [7, 11) is 0. The number of halogens is 2. The maximum absolute atomic E-state index is 13.0. The highest BCUT2D eigenvalue weighted by Crippen LogP contribution is 2.23. The first-order chi connectivity index (χ1) is 5.66. The van der Waals surface area contributed by atoms with E-state index in [4.69, 9.17) is 22.4 Å². The van der Waals surface area contributed by atoms with Crippen molar-refractivity contribution < 1.29 is 9.50 Å². The van der Waals surface area contributed by atoms with Gasteiger partial charge in [0, 0.05) is 10.6 Å². The molecule has 0 amide bonds. The van der Waals surface area contributed by atoms with Crippen LogP contribution in [-0.4, -0.2) is 11.7 Å². The highest BCUT2D eigenvalue weighted by Gasteiger charge is 2.13. The lowest BCUT2D eigenvalue weighted by Crippen LogP contribution is -2.16. The molecule has 0 aliphatic carbocycles. The van der Waals surface area contributed by atoms with Gasteiger partial charge in [0.05, 0.1) is 12.6 Å². The lowest BCUT2D eigenvalue weighted by molar-refractivity contribution is 0.265. The Morgan fingerprint density at radius 2 is 2.25 bits per heavy atom. The maximum atomic E-state index is 13.0. The summed E-state index contributed by atoms with van der Waals surface area (Å²) in [6.45, 7) is -0.319. The molecule has 1 atom stereocenters. The average molecular weight is 190 g/mol. The second-order valence-corrected chi connectivity index (χ2v) is 2.83. The molecule has 0 unspecified atom stereocenters. The van der Waals surface area contributed by atoms with Crippen molar-refractivity contribution in [1.82, 2.24) is 0 Å². The summed E-state index contributed by atoms with van der Waals surface area (Å²) in [6.07, 6.45) is 0. The van der Waals surface area contributed by atoms with Gasteiger partial charge in [-0.25, -0.2) is 4.39 Å². The number of hydrogen-bond donors (Lipinski definition) is 2. The predicted molar refractivity (Wildman–Crippen MR) is 45.4 cm³/mol. The van der Waals surface area contributed by atoms with Gasteiger partial charge in [-0.05, 0) is 12.1 Å². The van der Waals surface area contributed by atoms with E-state index in [1.807, 2.05) is 0 Å². The van der Waals surface area contributed by atoms with Gasteiger partial charge in [0.25, 0.3) is 0 Å². The fraction of sp³-hybridized carbons (Fsp3) is 0.250. The van der Waals surface area contributed by atoms with Crippen molar-refractivity contribution in [3.63, 3.8) is 0 Å². The maximum Gasteiger partial charge on any atom is 0.129 e. The number of hydrogen-bond acceptors (Lipinski definition) is 2. The molecule has 0 saturated heterocycles. The van der Waals surface area contributed by atoms with Crippen LogP contribution >= 0.6 is 11.6 Å². The van der Waals surface area contributed by atoms with Crippen molar-refractivity contribution in [3.8, 4) is 0 Å². The zero-order valence-electron chi connectivity index (χ0n) is 6.30. The van der Waals surface area contributed by atoms with Gasteiger partial charge < -0.3 is 10.8 Å². The molecule has 1 rings (SSSR count). The Morgan fingerprint density at radius 3 is 2.75 bits per heavy atom. The number of rotatable bonds is 2. The standard InChI is InChI=1S/C8H9ClFNO/c9-5-2-1-3-6(10)8(5)7(11)4-12/h1-3,7,12H,4,11H2/t7-/m0/s1. The molecule has 0 radical (unpaired) electrons. The van der Waals surface area contributed by atoms with Crippen LogP contribution in [0.25, 0.3) is 0 Å². The lowest BCUT2D eigenvalue weighted by atomic mass is 10.1. The average Bonchev–Trinajstić information content (AvgIpc) is 2.03. The van der Waals surface area contributed by atoms with Crippen molar-refractivity contribution in [3.05, 3.63) is 34.6 Å². The van der Waals surface area contributed by atoms with Crippen LogP contribution in [0.5, 0.6) is 0 Å². The molecule has 0 aliphatic rings. The van der Waals surface area contributed by atoms with Crippen LogP contribution in [0, 0.1) is 5.82 Å². The summed E-state index contributed by atoms with van der Waals surface area (Å²) in [6, 6.07) is 3.54. The third kappa shape index (κ3) is 1.75. The Labute approximate surface area is 74.8 Å². The predicted octanol–water partition coefficient (Wildman–Crippen LogP) is 1.47. The quantitative estimate of drug-likeness (QED) is 0.740. The van der Waals surface area contributed by atoms with Gasteiger partial charge in [-0.2, -0.15) is 0 Å². The fourth-order valence-electron chi connectivity index (χ4n) is 0.956. The van der Waals surface area contributed by atoms with Gasteiger partial charge in [-0.3, -0.25) is 0 Å². The zero-order chi connectivity index (χ0) is 9.14. The third-order valence-corrected chi connectivity index (χ3v) is 1.90. The molecule has 0 heterocycles. The Kier molecular flexibility index (Phi) is 3.03. The van der Waals surface area contributed by atoms with E-state index in [0.717, 1.165) is 0 Å². The summed E-state index contributed by atoms with van der Waals surface area (Å²) >= 11 is 5.67. The van der Waals surface area contributed by atoms with Crippen LogP contribution < -0.4 is 5.73 Å². The largest absolute Gasteiger partial charge is 0.394 e. The van der Waals surface area contributed by atoms with E-state index in [9.17, 15) is 4.39 Å². The van der Waals surface area contributed by atoms with Gasteiger partial charge in [-0.15, -0.1) is 0 Å². The molecule has 1 aromatic rings. The van der Waals surface area contributed by atoms with Gasteiger partial charge in [0.2, 0.25) is 0 Å². The van der Waals surface area contributed by atoms with E-state index in [2.05, 4.69) is 0 Å². The van der Waals surface area contributed by atoms with Crippen molar-refractivity contribution in [1.29, 1.82) is 0 Å². The van der Waals surface area contributed by atoms with Crippen LogP contribution in [0.2, 0.25) is 5.02 Å². The van der Waals surface area contributed by atoms with Gasteiger partial charge in [0.1, 0.15) is 5.82 Å². The number of nitrogens with two attached hydrogens (primary N) is 1. The first kappa shape index (κ1) is 9.45. The molecule has 0 aliphatic heterocycles. The van der Waals surface area contributed by atoms with Crippen LogP contribution in [0.3, 0.4) is 0 Å². The van der Waals surface area contributed by atoms with E-state index in [-0.39, 0.29) is 17.2 Å². The van der Waals surface area contributed by atoms with Crippen LogP contribution in [0.1, 0.15) is 11.6 Å². The summed E-state index contributed by atoms with van der Waals surface area (Å²) in [4.78, 5) is 0. The molecule has 1 aromatic carbocycles. The second-order valence-electron chi connectivity index (χ2n) is 2.42. The Hall–Kier alpha value is -0.640. The van der Waals surface area contributed by atoms with Crippen LogP contribution in [-0.2, 0) is 0 Å². The van der Waals surface area contributed by atoms with Gasteiger partial charge >= 0.3 is 0 Å². The minimum Gasteiger partial charge on any atom is -0.394 e. The van der Waals surface area contributed by atoms with Crippen LogP contribution in [0.4, 0.5) is 4.39 Å². The third-order valence-electron chi connectivity index (χ3n) is 1.57. The first-order valence-corrected chi connectivity index (χ1v) is 3.85. The summed E-state index contributed by atoms with van der Waals surface area (Å²) in [5, 5.41) is 8.93. The Morgan fingerprint density at radius 1 is 1.58 bits per heavy atom. The van der Waals surface area contributed by atoms with E-state index < -0.39 is 11.9 Å². The molecule has 0 spiro atoms. The van der Waals surface area contributed by atoms with Gasteiger partial charge in [-0.1, -0.05) is 17.7 Å². The van der Waals surface area contributed by atoms with Crippen LogP contribution in [0.15, 0.2) is 18.2 Å². The van der Waals surface area contributed by atoms with E-state index in [1.165, 1.54) is 18.2 Å². The number of aliphatic hydroxyl groups excluding tert-OH is 1. The topological polar surface area (TPSA) is 46.2 Å². The minimum atomic E-state index is -0.751. The molecule has 66 valence electrons. The summed E-state index contributed by atoms with van der Waals surface area (Å²) < 4.78 is 13.0. The smallest absolute Gasteiger partial charge is 0.129 e. The molecular formula is C8H9ClFNO. The molecule has 4 heteroatoms. The lowest BCUT2D eigenvalue weighted by Gasteiger charge is -2.10. The van der Waals surface area contributed by atoms with E-state index in [0.29, 0.717) is 0 Å². The molecule has 0 saturated carbocycles. The van der Waals surface area contributed by atoms with Crippen molar-refractivity contribution in [2.45, 2.75) is 6.04 Å². The Bertz CT molecular complexity index is 260. The Balaban J connectivity index is 3.12. The molecule has 2 nitrogen and oxygen atoms in total. The SMILES string of the molecule is N[C@@H](CO)c1c(F)cccc1Cl.